The van der Waals surface area contributed by atoms with Crippen LogP contribution in [-0.2, 0) is 0 Å². The van der Waals surface area contributed by atoms with Gasteiger partial charge in [0.2, 0.25) is 0 Å². The van der Waals surface area contributed by atoms with Gasteiger partial charge in [0.1, 0.15) is 0 Å². The maximum absolute atomic E-state index is 2.49. The van der Waals surface area contributed by atoms with Crippen LogP contribution < -0.4 is 4.90 Å². The second kappa shape index (κ2) is 17.6. The van der Waals surface area contributed by atoms with E-state index in [9.17, 15) is 0 Å². The Hall–Kier alpha value is -10.4. The summed E-state index contributed by atoms with van der Waals surface area (Å²) in [6, 6.07) is 107. The summed E-state index contributed by atoms with van der Waals surface area (Å²) in [6.45, 7) is 0. The van der Waals surface area contributed by atoms with E-state index in [0.29, 0.717) is 0 Å². The summed E-state index contributed by atoms with van der Waals surface area (Å²) in [5.41, 5.74) is 18.5. The maximum Gasteiger partial charge on any atom is 0.0547 e. The van der Waals surface area contributed by atoms with Gasteiger partial charge in [-0.3, -0.25) is 0 Å². The van der Waals surface area contributed by atoms with Crippen LogP contribution >= 0.6 is 0 Å². The summed E-state index contributed by atoms with van der Waals surface area (Å²) in [7, 11) is 0. The molecule has 78 heavy (non-hydrogen) atoms. The smallest absolute Gasteiger partial charge is 0.0547 e. The van der Waals surface area contributed by atoms with E-state index in [4.69, 9.17) is 0 Å². The van der Waals surface area contributed by atoms with Crippen molar-refractivity contribution in [1.29, 1.82) is 0 Å². The van der Waals surface area contributed by atoms with Crippen LogP contribution in [-0.4, -0.2) is 13.7 Å². The first kappa shape index (κ1) is 43.9. The van der Waals surface area contributed by atoms with E-state index in [1.54, 1.807) is 0 Å². The molecule has 0 bridgehead atoms. The summed E-state index contributed by atoms with van der Waals surface area (Å²) in [6.07, 6.45) is 0. The van der Waals surface area contributed by atoms with Gasteiger partial charge in [-0.05, 0) is 119 Å². The molecule has 0 fully saturated rings. The monoisotopic (exact) mass is 992 g/mol. The van der Waals surface area contributed by atoms with Crippen molar-refractivity contribution in [3.05, 3.63) is 291 Å². The number of hydrogen-bond donors (Lipinski definition) is 0. The zero-order chi connectivity index (χ0) is 51.3. The van der Waals surface area contributed by atoms with Crippen molar-refractivity contribution in [2.24, 2.45) is 0 Å². The highest BCUT2D eigenvalue weighted by atomic mass is 15.1. The molecule has 0 saturated carbocycles. The Morgan fingerprint density at radius 2 is 0.590 bits per heavy atom. The van der Waals surface area contributed by atoms with E-state index < -0.39 is 0 Å². The van der Waals surface area contributed by atoms with Crippen molar-refractivity contribution in [2.45, 2.75) is 0 Å². The standard InChI is InChI=1S/C74H48N4/c1-3-19-52(20-4-1)76-66-31-15-11-29-62(66)64-41-37-50(47-73(64)76)49-35-39-54(40-36-49)75(71-45-46-72(61-26-10-9-25-60(61)71)78-68-33-17-13-27-58(68)59-28-14-18-34-69(59)78)70-44-43-55(56-23-7-8-24-57(56)70)51-38-42-65-63-30-12-16-32-67(63)77(74(65)48-51)53-21-5-2-6-22-53/h1-48H. The number of rotatable bonds is 8. The molecule has 0 unspecified atom stereocenters. The fraction of sp³-hybridized carbons (Fsp3) is 0. The average molecular weight is 993 g/mol. The van der Waals surface area contributed by atoms with Gasteiger partial charge in [-0.15, -0.1) is 0 Å². The lowest BCUT2D eigenvalue weighted by Gasteiger charge is -2.29. The van der Waals surface area contributed by atoms with E-state index in [-0.39, 0.29) is 0 Å². The van der Waals surface area contributed by atoms with Gasteiger partial charge in [0.05, 0.1) is 50.2 Å². The molecular weight excluding hydrogens is 945 g/mol. The molecule has 0 N–H and O–H groups in total. The molecule has 13 aromatic carbocycles. The van der Waals surface area contributed by atoms with Crippen molar-refractivity contribution in [2.75, 3.05) is 4.90 Å². The predicted octanol–water partition coefficient (Wildman–Crippen LogP) is 20.1. The summed E-state index contributed by atoms with van der Waals surface area (Å²) in [5.74, 6) is 0. The van der Waals surface area contributed by atoms with Gasteiger partial charge in [0, 0.05) is 65.5 Å². The van der Waals surface area contributed by atoms with Gasteiger partial charge >= 0.3 is 0 Å². The minimum atomic E-state index is 1.07. The molecule has 4 nitrogen and oxygen atoms in total. The largest absolute Gasteiger partial charge is 0.309 e. The first-order valence-corrected chi connectivity index (χ1v) is 26.8. The maximum atomic E-state index is 2.49. The van der Waals surface area contributed by atoms with Crippen LogP contribution in [0.3, 0.4) is 0 Å². The fourth-order valence-electron chi connectivity index (χ4n) is 12.8. The number of anilines is 3. The molecular formula is C74H48N4. The Balaban J connectivity index is 0.895. The molecule has 3 aromatic heterocycles. The molecule has 0 amide bonds. The summed E-state index contributed by atoms with van der Waals surface area (Å²) in [5, 5.41) is 12.2. The zero-order valence-electron chi connectivity index (χ0n) is 42.5. The summed E-state index contributed by atoms with van der Waals surface area (Å²) < 4.78 is 7.25. The third kappa shape index (κ3) is 6.73. The van der Waals surface area contributed by atoms with Crippen molar-refractivity contribution in [3.8, 4) is 39.3 Å². The fourth-order valence-corrected chi connectivity index (χ4v) is 12.8. The zero-order valence-corrected chi connectivity index (χ0v) is 42.5. The molecule has 16 rings (SSSR count). The van der Waals surface area contributed by atoms with Gasteiger partial charge in [0.15, 0.2) is 0 Å². The van der Waals surface area contributed by atoms with Gasteiger partial charge in [-0.1, -0.05) is 200 Å². The first-order valence-electron chi connectivity index (χ1n) is 26.8. The highest BCUT2D eigenvalue weighted by molar-refractivity contribution is 6.15. The molecule has 3 heterocycles. The van der Waals surface area contributed by atoms with E-state index >= 15 is 0 Å². The van der Waals surface area contributed by atoms with Gasteiger partial charge < -0.3 is 18.6 Å². The molecule has 0 radical (unpaired) electrons. The number of benzene rings is 13. The number of aromatic nitrogens is 3. The highest BCUT2D eigenvalue weighted by Gasteiger charge is 2.23. The number of hydrogen-bond acceptors (Lipinski definition) is 1. The number of para-hydroxylation sites is 6. The van der Waals surface area contributed by atoms with Crippen LogP contribution in [0.1, 0.15) is 0 Å². The molecule has 0 saturated heterocycles. The molecule has 364 valence electrons. The molecule has 0 spiro atoms. The van der Waals surface area contributed by atoms with Gasteiger partial charge in [-0.25, -0.2) is 0 Å². The number of fused-ring (bicyclic) bond motifs is 11. The van der Waals surface area contributed by atoms with Crippen LogP contribution in [0.25, 0.3) is 126 Å². The SMILES string of the molecule is c1ccc(-n2c3ccccc3c3ccc(-c4ccc(N(c5ccc(-c6ccc7c8ccccc8n(-c8ccccc8)c7c6)c6ccccc56)c5ccc(-n6c7ccccc7c7ccccc76)c6ccccc56)cc4)cc32)cc1. The first-order chi connectivity index (χ1) is 38.7. The third-order valence-corrected chi connectivity index (χ3v) is 16.2. The second-order valence-electron chi connectivity index (χ2n) is 20.4. The molecule has 16 aromatic rings. The number of nitrogens with zero attached hydrogens (tertiary/aromatic N) is 4. The normalized spacial score (nSPS) is 11.8. The van der Waals surface area contributed by atoms with Crippen LogP contribution in [0.2, 0.25) is 0 Å². The molecule has 0 atom stereocenters. The molecule has 0 aliphatic carbocycles. The Kier molecular flexibility index (Phi) is 9.91. The Bertz CT molecular complexity index is 4970. The van der Waals surface area contributed by atoms with E-state index in [1.165, 1.54) is 92.9 Å². The third-order valence-electron chi connectivity index (χ3n) is 16.2. The summed E-state index contributed by atoms with van der Waals surface area (Å²) >= 11 is 0. The van der Waals surface area contributed by atoms with Crippen molar-refractivity contribution >= 4 is 104 Å². The topological polar surface area (TPSA) is 18.0 Å². The quantitative estimate of drug-likeness (QED) is 0.148. The van der Waals surface area contributed by atoms with E-state index in [2.05, 4.69) is 310 Å². The van der Waals surface area contributed by atoms with Crippen LogP contribution in [0, 0.1) is 0 Å². The predicted molar refractivity (Wildman–Crippen MR) is 330 cm³/mol. The average Bonchev–Trinajstić information content (AvgIpc) is 4.20. The van der Waals surface area contributed by atoms with Crippen LogP contribution in [0.5, 0.6) is 0 Å². The van der Waals surface area contributed by atoms with Crippen molar-refractivity contribution < 1.29 is 0 Å². The lowest BCUT2D eigenvalue weighted by Crippen LogP contribution is -2.12. The lowest BCUT2D eigenvalue weighted by molar-refractivity contribution is 1.18. The molecule has 0 aliphatic heterocycles. The minimum Gasteiger partial charge on any atom is -0.309 e. The van der Waals surface area contributed by atoms with Gasteiger partial charge in [-0.2, -0.15) is 0 Å². The lowest BCUT2D eigenvalue weighted by atomic mass is 9.95. The summed E-state index contributed by atoms with van der Waals surface area (Å²) in [4.78, 5) is 2.49. The van der Waals surface area contributed by atoms with Crippen molar-refractivity contribution in [1.82, 2.24) is 13.7 Å². The van der Waals surface area contributed by atoms with E-state index in [1.807, 2.05) is 0 Å². The van der Waals surface area contributed by atoms with Crippen LogP contribution in [0.15, 0.2) is 291 Å². The van der Waals surface area contributed by atoms with E-state index in [0.717, 1.165) is 50.5 Å². The van der Waals surface area contributed by atoms with Crippen molar-refractivity contribution in [3.63, 3.8) is 0 Å². The minimum absolute atomic E-state index is 1.07. The highest BCUT2D eigenvalue weighted by Crippen LogP contribution is 2.47. The van der Waals surface area contributed by atoms with Gasteiger partial charge in [0.25, 0.3) is 0 Å². The van der Waals surface area contributed by atoms with Crippen LogP contribution in [0.4, 0.5) is 17.1 Å². The Morgan fingerprint density at radius 3 is 1.12 bits per heavy atom. The Morgan fingerprint density at radius 1 is 0.218 bits per heavy atom. The molecule has 4 heteroatoms. The Labute approximate surface area is 450 Å². The second-order valence-corrected chi connectivity index (χ2v) is 20.4. The molecule has 0 aliphatic rings.